The molecule has 1 aliphatic heterocycles. The predicted molar refractivity (Wildman–Crippen MR) is 143 cm³/mol. The number of benzene rings is 2. The smallest absolute Gasteiger partial charge is 0.276 e. The number of hydrogen-bond donors (Lipinski definition) is 2. The van der Waals surface area contributed by atoms with Crippen LogP contribution >= 0.6 is 0 Å². The number of aromatic amines is 1. The number of aromatic nitrogens is 4. The number of nitrogens with zero attached hydrogens (tertiary/aromatic N) is 4. The highest BCUT2D eigenvalue weighted by Crippen LogP contribution is 2.29. The number of fused-ring (bicyclic) bond motifs is 1. The molecule has 4 heterocycles. The van der Waals surface area contributed by atoms with E-state index in [0.717, 1.165) is 48.3 Å². The molecule has 1 saturated heterocycles. The predicted octanol–water partition coefficient (Wildman–Crippen LogP) is 5.30. The van der Waals surface area contributed by atoms with Gasteiger partial charge in [0.05, 0.1) is 23.6 Å². The fourth-order valence-corrected chi connectivity index (χ4v) is 4.49. The van der Waals surface area contributed by atoms with Gasteiger partial charge in [0.2, 0.25) is 0 Å². The van der Waals surface area contributed by atoms with E-state index in [0.29, 0.717) is 22.5 Å². The topological polar surface area (TPSA) is 113 Å². The zero-order valence-electron chi connectivity index (χ0n) is 20.4. The average molecular weight is 505 g/mol. The van der Waals surface area contributed by atoms with Crippen LogP contribution in [0.25, 0.3) is 22.0 Å². The van der Waals surface area contributed by atoms with Crippen molar-refractivity contribution in [3.05, 3.63) is 96.7 Å². The van der Waals surface area contributed by atoms with Crippen molar-refractivity contribution in [2.24, 2.45) is 0 Å². The Bertz CT molecular complexity index is 1610. The lowest BCUT2D eigenvalue weighted by atomic mass is 10.0. The number of ether oxygens (including phenoxy) is 1. The molecule has 3 aromatic heterocycles. The third-order valence-corrected chi connectivity index (χ3v) is 6.44. The first-order valence-corrected chi connectivity index (χ1v) is 12.4. The number of hydrogen-bond acceptors (Lipinski definition) is 6. The van der Waals surface area contributed by atoms with Gasteiger partial charge in [0.1, 0.15) is 17.2 Å². The van der Waals surface area contributed by atoms with Crippen LogP contribution < -0.4 is 10.1 Å². The maximum Gasteiger partial charge on any atom is 0.276 e. The van der Waals surface area contributed by atoms with Gasteiger partial charge in [-0.15, -0.1) is 0 Å². The number of nitrogens with one attached hydrogen (secondary N) is 2. The monoisotopic (exact) mass is 504 g/mol. The van der Waals surface area contributed by atoms with E-state index in [1.165, 1.54) is 6.20 Å². The Morgan fingerprint density at radius 2 is 1.71 bits per heavy atom. The van der Waals surface area contributed by atoms with Gasteiger partial charge in [-0.05, 0) is 60.9 Å². The molecule has 0 spiro atoms. The summed E-state index contributed by atoms with van der Waals surface area (Å²) < 4.78 is 5.92. The highest BCUT2D eigenvalue weighted by molar-refractivity contribution is 6.11. The van der Waals surface area contributed by atoms with Gasteiger partial charge in [0.25, 0.3) is 11.8 Å². The van der Waals surface area contributed by atoms with E-state index >= 15 is 0 Å². The normalized spacial score (nSPS) is 13.0. The minimum absolute atomic E-state index is 0.0843. The SMILES string of the molecule is O=C(Nc1ccc(C(=O)N2CCCC2)nc1)c1n[nH]c2ccc(-c3cncc(Oc4ccccc4)c3)cc12. The number of carbonyl (C=O) groups excluding carboxylic acids is 2. The molecule has 0 radical (unpaired) electrons. The van der Waals surface area contributed by atoms with E-state index in [-0.39, 0.29) is 17.5 Å². The van der Waals surface area contributed by atoms with Crippen LogP contribution in [0.4, 0.5) is 5.69 Å². The second-order valence-corrected chi connectivity index (χ2v) is 9.04. The maximum atomic E-state index is 13.1. The fourth-order valence-electron chi connectivity index (χ4n) is 4.49. The maximum absolute atomic E-state index is 13.1. The third-order valence-electron chi connectivity index (χ3n) is 6.44. The molecule has 2 amide bonds. The second-order valence-electron chi connectivity index (χ2n) is 9.04. The van der Waals surface area contributed by atoms with E-state index in [1.54, 1.807) is 29.4 Å². The number of rotatable bonds is 6. The van der Waals surface area contributed by atoms with E-state index in [2.05, 4.69) is 25.5 Å². The Morgan fingerprint density at radius 1 is 0.868 bits per heavy atom. The molecule has 188 valence electrons. The number of amides is 2. The van der Waals surface area contributed by atoms with E-state index in [1.807, 2.05) is 54.6 Å². The molecule has 9 heteroatoms. The molecular weight excluding hydrogens is 480 g/mol. The molecule has 1 aliphatic rings. The van der Waals surface area contributed by atoms with Crippen LogP contribution in [0.1, 0.15) is 33.8 Å². The van der Waals surface area contributed by atoms with Crippen LogP contribution in [-0.4, -0.2) is 50.0 Å². The summed E-state index contributed by atoms with van der Waals surface area (Å²) in [6.07, 6.45) is 6.93. The zero-order chi connectivity index (χ0) is 25.9. The van der Waals surface area contributed by atoms with Crippen molar-refractivity contribution in [1.82, 2.24) is 25.1 Å². The van der Waals surface area contributed by atoms with E-state index in [9.17, 15) is 9.59 Å². The first-order valence-electron chi connectivity index (χ1n) is 12.4. The van der Waals surface area contributed by atoms with Gasteiger partial charge in [-0.3, -0.25) is 19.7 Å². The van der Waals surface area contributed by atoms with Crippen LogP contribution in [-0.2, 0) is 0 Å². The summed E-state index contributed by atoms with van der Waals surface area (Å²) in [7, 11) is 0. The molecule has 0 atom stereocenters. The number of H-pyrrole nitrogens is 1. The van der Waals surface area contributed by atoms with Gasteiger partial charge in [-0.1, -0.05) is 24.3 Å². The Labute approximate surface area is 218 Å². The van der Waals surface area contributed by atoms with Gasteiger partial charge in [0, 0.05) is 30.2 Å². The van der Waals surface area contributed by atoms with Crippen LogP contribution in [0.5, 0.6) is 11.5 Å². The summed E-state index contributed by atoms with van der Waals surface area (Å²) in [5.74, 6) is 0.865. The largest absolute Gasteiger partial charge is 0.456 e. The van der Waals surface area contributed by atoms with Gasteiger partial charge >= 0.3 is 0 Å². The quantitative estimate of drug-likeness (QED) is 0.324. The molecule has 38 heavy (non-hydrogen) atoms. The minimum atomic E-state index is -0.381. The third kappa shape index (κ3) is 4.81. The van der Waals surface area contributed by atoms with Crippen molar-refractivity contribution in [3.8, 4) is 22.6 Å². The van der Waals surface area contributed by atoms with Crippen molar-refractivity contribution < 1.29 is 14.3 Å². The fraction of sp³-hybridized carbons (Fsp3) is 0.138. The molecular formula is C29H24N6O3. The average Bonchev–Trinajstić information content (AvgIpc) is 3.64. The van der Waals surface area contributed by atoms with E-state index in [4.69, 9.17) is 4.74 Å². The van der Waals surface area contributed by atoms with Crippen LogP contribution in [0.3, 0.4) is 0 Å². The molecule has 0 aliphatic carbocycles. The van der Waals surface area contributed by atoms with Crippen molar-refractivity contribution in [2.75, 3.05) is 18.4 Å². The summed E-state index contributed by atoms with van der Waals surface area (Å²) in [4.78, 5) is 36.0. The lowest BCUT2D eigenvalue weighted by Gasteiger charge is -2.14. The van der Waals surface area contributed by atoms with Crippen molar-refractivity contribution in [3.63, 3.8) is 0 Å². The summed E-state index contributed by atoms with van der Waals surface area (Å²) in [5, 5.41) is 10.7. The molecule has 0 unspecified atom stereocenters. The first kappa shape index (κ1) is 23.4. The Balaban J connectivity index is 1.21. The van der Waals surface area contributed by atoms with Crippen molar-refractivity contribution in [1.29, 1.82) is 0 Å². The first-order chi connectivity index (χ1) is 18.6. The summed E-state index contributed by atoms with van der Waals surface area (Å²) in [5.41, 5.74) is 3.54. The molecule has 0 bridgehead atoms. The van der Waals surface area contributed by atoms with Gasteiger partial charge < -0.3 is 15.0 Å². The lowest BCUT2D eigenvalue weighted by Crippen LogP contribution is -2.28. The van der Waals surface area contributed by atoms with Crippen LogP contribution in [0.2, 0.25) is 0 Å². The summed E-state index contributed by atoms with van der Waals surface area (Å²) >= 11 is 0. The highest BCUT2D eigenvalue weighted by Gasteiger charge is 2.21. The molecule has 2 N–H and O–H groups in total. The van der Waals surface area contributed by atoms with Crippen molar-refractivity contribution in [2.45, 2.75) is 12.8 Å². The molecule has 1 fully saturated rings. The summed E-state index contributed by atoms with van der Waals surface area (Å²) in [6, 6.07) is 20.4. The Hall–Kier alpha value is -5.05. The molecule has 2 aromatic carbocycles. The number of pyridine rings is 2. The van der Waals surface area contributed by atoms with Gasteiger partial charge in [-0.25, -0.2) is 4.98 Å². The summed E-state index contributed by atoms with van der Waals surface area (Å²) in [6.45, 7) is 1.52. The lowest BCUT2D eigenvalue weighted by molar-refractivity contribution is 0.0787. The highest BCUT2D eigenvalue weighted by atomic mass is 16.5. The van der Waals surface area contributed by atoms with Crippen LogP contribution in [0.15, 0.2) is 85.3 Å². The molecule has 0 saturated carbocycles. The number of likely N-dealkylation sites (tertiary alicyclic amines) is 1. The molecule has 5 aromatic rings. The number of carbonyl (C=O) groups is 2. The van der Waals surface area contributed by atoms with Gasteiger partial charge in [0.15, 0.2) is 5.69 Å². The zero-order valence-corrected chi connectivity index (χ0v) is 20.4. The second kappa shape index (κ2) is 10.1. The molecule has 6 rings (SSSR count). The number of anilines is 1. The van der Waals surface area contributed by atoms with Crippen molar-refractivity contribution >= 4 is 28.4 Å². The standard InChI is InChI=1S/C29H24N6O3/c36-28(32-21-9-11-26(31-17-21)29(37)35-12-4-5-13-35)27-24-15-19(8-10-25(24)33-34-27)20-14-23(18-30-16-20)38-22-6-2-1-3-7-22/h1-3,6-11,14-18H,4-5,12-13H2,(H,32,36)(H,33,34). The number of para-hydroxylation sites is 1. The Morgan fingerprint density at radius 3 is 2.50 bits per heavy atom. The van der Waals surface area contributed by atoms with E-state index < -0.39 is 0 Å². The Kier molecular flexibility index (Phi) is 6.23. The van der Waals surface area contributed by atoms with Crippen LogP contribution in [0, 0.1) is 0 Å². The minimum Gasteiger partial charge on any atom is -0.456 e. The molecule has 9 nitrogen and oxygen atoms in total. The van der Waals surface area contributed by atoms with Gasteiger partial charge in [-0.2, -0.15) is 5.10 Å².